The van der Waals surface area contributed by atoms with Crippen molar-refractivity contribution in [1.29, 1.82) is 0 Å². The smallest absolute Gasteiger partial charge is 0.422 e. The van der Waals surface area contributed by atoms with Crippen molar-refractivity contribution in [2.45, 2.75) is 52.4 Å². The molecule has 38 heavy (non-hydrogen) atoms. The molecule has 2 unspecified atom stereocenters. The maximum Gasteiger partial charge on any atom is 0.422 e. The molecule has 0 spiro atoms. The molecular formula is C25H29F3N8O2. The first kappa shape index (κ1) is 26.9. The molecule has 13 heteroatoms. The second kappa shape index (κ2) is 10.7. The summed E-state index contributed by atoms with van der Waals surface area (Å²) >= 11 is 0. The van der Waals surface area contributed by atoms with Crippen LogP contribution in [-0.4, -0.2) is 54.1 Å². The van der Waals surface area contributed by atoms with Crippen molar-refractivity contribution in [1.82, 2.24) is 34.7 Å². The fourth-order valence-corrected chi connectivity index (χ4v) is 4.02. The van der Waals surface area contributed by atoms with Gasteiger partial charge in [-0.05, 0) is 37.0 Å². The van der Waals surface area contributed by atoms with Gasteiger partial charge in [-0.1, -0.05) is 20.8 Å². The summed E-state index contributed by atoms with van der Waals surface area (Å²) in [4.78, 5) is 21.2. The molecule has 202 valence electrons. The van der Waals surface area contributed by atoms with Crippen LogP contribution in [0.1, 0.15) is 56.1 Å². The van der Waals surface area contributed by atoms with Gasteiger partial charge >= 0.3 is 6.18 Å². The minimum Gasteiger partial charge on any atom is -0.468 e. The van der Waals surface area contributed by atoms with Gasteiger partial charge in [0.2, 0.25) is 11.8 Å². The first-order valence-corrected chi connectivity index (χ1v) is 12.1. The molecule has 3 N–H and O–H groups in total. The van der Waals surface area contributed by atoms with Crippen LogP contribution in [0.5, 0.6) is 5.88 Å². The van der Waals surface area contributed by atoms with Crippen LogP contribution < -0.4 is 15.8 Å². The van der Waals surface area contributed by atoms with Crippen molar-refractivity contribution in [2.75, 3.05) is 12.3 Å². The van der Waals surface area contributed by atoms with Crippen LogP contribution in [0.2, 0.25) is 0 Å². The van der Waals surface area contributed by atoms with Gasteiger partial charge in [-0.3, -0.25) is 9.48 Å². The van der Waals surface area contributed by atoms with E-state index in [-0.39, 0.29) is 35.7 Å². The summed E-state index contributed by atoms with van der Waals surface area (Å²) in [5, 5.41) is 11.7. The Morgan fingerprint density at radius 1 is 1.16 bits per heavy atom. The summed E-state index contributed by atoms with van der Waals surface area (Å²) in [6.07, 6.45) is 3.03. The maximum atomic E-state index is 13.0. The number of alkyl halides is 3. The molecule has 0 aromatic carbocycles. The molecule has 4 aromatic rings. The monoisotopic (exact) mass is 530 g/mol. The molecule has 0 fully saturated rings. The van der Waals surface area contributed by atoms with E-state index in [4.69, 9.17) is 10.5 Å². The van der Waals surface area contributed by atoms with Gasteiger partial charge in [-0.25, -0.2) is 9.50 Å². The Labute approximate surface area is 217 Å². The molecule has 4 rings (SSSR count). The lowest BCUT2D eigenvalue weighted by Crippen LogP contribution is -2.32. The number of pyridine rings is 2. The number of nitrogens with two attached hydrogens (primary N) is 1. The number of amides is 1. The molecule has 10 nitrogen and oxygen atoms in total. The number of anilines is 1. The second-order valence-electron chi connectivity index (χ2n) is 9.39. The zero-order valence-corrected chi connectivity index (χ0v) is 21.4. The highest BCUT2D eigenvalue weighted by Gasteiger charge is 2.29. The first-order chi connectivity index (χ1) is 17.9. The van der Waals surface area contributed by atoms with Crippen molar-refractivity contribution < 1.29 is 22.7 Å². The number of hydrogen-bond acceptors (Lipinski definition) is 7. The molecular weight excluding hydrogens is 501 g/mol. The highest BCUT2D eigenvalue weighted by Crippen LogP contribution is 2.30. The predicted octanol–water partition coefficient (Wildman–Crippen LogP) is 4.28. The number of halogens is 3. The number of hydrogen-bond donors (Lipinski definition) is 2. The molecule has 0 radical (unpaired) electrons. The van der Waals surface area contributed by atoms with Crippen LogP contribution in [0.25, 0.3) is 16.8 Å². The molecule has 0 bridgehead atoms. The number of nitrogen functional groups attached to an aromatic ring is 1. The highest BCUT2D eigenvalue weighted by molar-refractivity contribution is 6.01. The molecule has 4 heterocycles. The molecule has 0 saturated carbocycles. The van der Waals surface area contributed by atoms with Crippen molar-refractivity contribution in [2.24, 2.45) is 5.92 Å². The summed E-state index contributed by atoms with van der Waals surface area (Å²) in [6, 6.07) is 4.52. The first-order valence-electron chi connectivity index (χ1n) is 12.1. The number of aromatic nitrogens is 6. The summed E-state index contributed by atoms with van der Waals surface area (Å²) < 4.78 is 45.3. The number of ether oxygens (including phenoxy) is 1. The summed E-state index contributed by atoms with van der Waals surface area (Å²) in [5.41, 5.74) is 8.64. The van der Waals surface area contributed by atoms with E-state index in [1.807, 2.05) is 33.9 Å². The van der Waals surface area contributed by atoms with Crippen LogP contribution in [-0.2, 0) is 0 Å². The normalized spacial score (nSPS) is 13.6. The van der Waals surface area contributed by atoms with Crippen LogP contribution >= 0.6 is 0 Å². The van der Waals surface area contributed by atoms with E-state index in [9.17, 15) is 18.0 Å². The summed E-state index contributed by atoms with van der Waals surface area (Å²) in [6.45, 7) is 6.49. The number of nitrogens with zero attached hydrogens (tertiary/aromatic N) is 6. The third kappa shape index (κ3) is 6.03. The van der Waals surface area contributed by atoms with E-state index in [0.717, 1.165) is 17.5 Å². The van der Waals surface area contributed by atoms with Gasteiger partial charge in [-0.15, -0.1) is 5.10 Å². The number of carbonyl (C=O) groups is 1. The average molecular weight is 531 g/mol. The fourth-order valence-electron chi connectivity index (χ4n) is 4.02. The van der Waals surface area contributed by atoms with E-state index in [1.165, 1.54) is 16.8 Å². The number of fused-ring (bicyclic) bond motifs is 1. The minimum atomic E-state index is -4.44. The molecule has 1 amide bonds. The lowest BCUT2D eigenvalue weighted by Gasteiger charge is -2.22. The van der Waals surface area contributed by atoms with Gasteiger partial charge in [0.25, 0.3) is 5.91 Å². The van der Waals surface area contributed by atoms with Gasteiger partial charge < -0.3 is 15.8 Å². The van der Waals surface area contributed by atoms with Crippen LogP contribution in [0.15, 0.2) is 43.0 Å². The molecule has 0 saturated heterocycles. The molecule has 0 aliphatic heterocycles. The zero-order valence-electron chi connectivity index (χ0n) is 21.4. The molecule has 2 atom stereocenters. The van der Waals surface area contributed by atoms with E-state index in [2.05, 4.69) is 25.5 Å². The molecule has 0 aliphatic rings. The van der Waals surface area contributed by atoms with Gasteiger partial charge in [-0.2, -0.15) is 23.3 Å². The Kier molecular flexibility index (Phi) is 7.56. The van der Waals surface area contributed by atoms with E-state index < -0.39 is 12.8 Å². The molecule has 4 aromatic heterocycles. The number of nitrogens with one attached hydrogen (secondary N) is 1. The Morgan fingerprint density at radius 2 is 1.92 bits per heavy atom. The van der Waals surface area contributed by atoms with E-state index in [0.29, 0.717) is 16.8 Å². The fraction of sp³-hybridized carbons (Fsp3) is 0.400. The zero-order chi connectivity index (χ0) is 27.6. The van der Waals surface area contributed by atoms with Crippen molar-refractivity contribution in [3.63, 3.8) is 0 Å². The Morgan fingerprint density at radius 3 is 2.55 bits per heavy atom. The topological polar surface area (TPSA) is 125 Å². The van der Waals surface area contributed by atoms with E-state index in [1.54, 1.807) is 29.2 Å². The van der Waals surface area contributed by atoms with Gasteiger partial charge in [0.05, 0.1) is 17.8 Å². The third-order valence-corrected chi connectivity index (χ3v) is 6.02. The number of carbonyl (C=O) groups excluding carboxylic acids is 1. The van der Waals surface area contributed by atoms with Gasteiger partial charge in [0, 0.05) is 41.8 Å². The van der Waals surface area contributed by atoms with E-state index >= 15 is 0 Å². The summed E-state index contributed by atoms with van der Waals surface area (Å²) in [7, 11) is 0. The second-order valence-corrected chi connectivity index (χ2v) is 9.39. The lowest BCUT2D eigenvalue weighted by atomic mass is 9.97. The van der Waals surface area contributed by atoms with Crippen molar-refractivity contribution in [3.8, 4) is 17.0 Å². The number of rotatable bonds is 9. The van der Waals surface area contributed by atoms with Crippen molar-refractivity contribution >= 4 is 17.5 Å². The van der Waals surface area contributed by atoms with Crippen LogP contribution in [0, 0.1) is 5.92 Å². The highest BCUT2D eigenvalue weighted by atomic mass is 19.4. The van der Waals surface area contributed by atoms with Gasteiger partial charge in [0.15, 0.2) is 12.3 Å². The summed E-state index contributed by atoms with van der Waals surface area (Å²) in [5.74, 6) is -0.283. The average Bonchev–Trinajstić information content (AvgIpc) is 3.48. The Bertz CT molecular complexity index is 1410. The maximum absolute atomic E-state index is 13.0. The molecule has 0 aliphatic carbocycles. The predicted molar refractivity (Wildman–Crippen MR) is 135 cm³/mol. The lowest BCUT2D eigenvalue weighted by molar-refractivity contribution is -0.154. The SMILES string of the molecule is CCC(C)NC(=O)c1cc(-c2cnn(C(c3ccc(OCC(F)(F)F)nc3)C(C)C)c2)cn2nc(N)nc12. The van der Waals surface area contributed by atoms with Crippen molar-refractivity contribution in [3.05, 3.63) is 54.1 Å². The third-order valence-electron chi connectivity index (χ3n) is 6.02. The minimum absolute atomic E-state index is 0.0279. The van der Waals surface area contributed by atoms with Crippen LogP contribution in [0.4, 0.5) is 19.1 Å². The van der Waals surface area contributed by atoms with Gasteiger partial charge in [0.1, 0.15) is 0 Å². The standard InChI is InChI=1S/C25H29F3N8O2/c1-5-15(4)32-23(37)19-8-17(11-36-22(19)33-24(29)34-36)18-10-31-35(12-18)21(14(2)3)16-6-7-20(30-9-16)38-13-25(26,27)28/h6-12,14-15,21H,5,13H2,1-4H3,(H2,29,34)(H,32,37). The Hall–Kier alpha value is -4.16. The Balaban J connectivity index is 1.65. The largest absolute Gasteiger partial charge is 0.468 e. The van der Waals surface area contributed by atoms with Crippen LogP contribution in [0.3, 0.4) is 0 Å². The quantitative estimate of drug-likeness (QED) is 0.331.